The van der Waals surface area contributed by atoms with E-state index in [1.165, 1.54) is 0 Å². The fraction of sp³-hybridized carbons (Fsp3) is 0.364. The third-order valence-electron chi connectivity index (χ3n) is 4.96. The second-order valence-electron chi connectivity index (χ2n) is 7.87. The lowest BCUT2D eigenvalue weighted by molar-refractivity contribution is -0.151. The van der Waals surface area contributed by atoms with Crippen LogP contribution in [0.5, 0.6) is 0 Å². The summed E-state index contributed by atoms with van der Waals surface area (Å²) in [6.45, 7) is 4.92. The van der Waals surface area contributed by atoms with Gasteiger partial charge in [0.1, 0.15) is 12.1 Å². The number of imide groups is 1. The van der Waals surface area contributed by atoms with E-state index >= 15 is 0 Å². The number of nitrogens with one attached hydrogen (secondary N) is 2. The molecule has 0 aromatic heterocycles. The molecule has 0 bridgehead atoms. The van der Waals surface area contributed by atoms with Gasteiger partial charge in [-0.2, -0.15) is 0 Å². The van der Waals surface area contributed by atoms with Gasteiger partial charge in [0.05, 0.1) is 0 Å². The smallest absolute Gasteiger partial charge is 0.326 e. The van der Waals surface area contributed by atoms with Gasteiger partial charge in [-0.1, -0.05) is 50.2 Å². The zero-order valence-electron chi connectivity index (χ0n) is 17.2. The number of hydrogen-bond acceptors (Lipinski definition) is 5. The normalized spacial score (nSPS) is 18.6. The highest BCUT2D eigenvalue weighted by Gasteiger charge is 2.49. The van der Waals surface area contributed by atoms with Crippen LogP contribution in [0.3, 0.4) is 0 Å². The van der Waals surface area contributed by atoms with Crippen LogP contribution in [-0.2, 0) is 24.7 Å². The minimum absolute atomic E-state index is 0.267. The Bertz CT molecular complexity index is 1000. The van der Waals surface area contributed by atoms with Crippen LogP contribution in [0, 0.1) is 5.92 Å². The lowest BCUT2D eigenvalue weighted by Crippen LogP contribution is -2.42. The van der Waals surface area contributed by atoms with Crippen LogP contribution in [-0.4, -0.2) is 48.4 Å². The first-order valence-electron chi connectivity index (χ1n) is 9.76. The summed E-state index contributed by atoms with van der Waals surface area (Å²) in [5.41, 5.74) is -0.681. The fourth-order valence-corrected chi connectivity index (χ4v) is 3.23. The minimum Gasteiger partial charge on any atom is -0.454 e. The van der Waals surface area contributed by atoms with Gasteiger partial charge in [-0.3, -0.25) is 19.3 Å². The molecular weight excluding hydrogens is 386 g/mol. The average Bonchev–Trinajstić information content (AvgIpc) is 2.94. The highest BCUT2D eigenvalue weighted by atomic mass is 16.5. The minimum atomic E-state index is -1.30. The van der Waals surface area contributed by atoms with Gasteiger partial charge in [0.2, 0.25) is 0 Å². The van der Waals surface area contributed by atoms with Crippen LogP contribution in [0.15, 0.2) is 42.5 Å². The molecule has 0 unspecified atom stereocenters. The van der Waals surface area contributed by atoms with E-state index in [-0.39, 0.29) is 5.92 Å². The molecule has 1 fully saturated rings. The number of rotatable bonds is 7. The summed E-state index contributed by atoms with van der Waals surface area (Å²) in [4.78, 5) is 49.9. The third kappa shape index (κ3) is 4.42. The molecule has 30 heavy (non-hydrogen) atoms. The van der Waals surface area contributed by atoms with Crippen LogP contribution in [0.25, 0.3) is 10.8 Å². The summed E-state index contributed by atoms with van der Waals surface area (Å²) in [5.74, 6) is -1.55. The molecular formula is C22H25N3O5. The van der Waals surface area contributed by atoms with Crippen molar-refractivity contribution < 1.29 is 23.9 Å². The Kier molecular flexibility index (Phi) is 6.05. The topological polar surface area (TPSA) is 105 Å². The van der Waals surface area contributed by atoms with Gasteiger partial charge in [-0.05, 0) is 35.2 Å². The van der Waals surface area contributed by atoms with Crippen LogP contribution in [0.4, 0.5) is 4.79 Å². The lowest BCUT2D eigenvalue weighted by atomic mass is 9.90. The predicted molar refractivity (Wildman–Crippen MR) is 110 cm³/mol. The molecule has 2 N–H and O–H groups in total. The van der Waals surface area contributed by atoms with Gasteiger partial charge in [0.25, 0.3) is 11.8 Å². The number of esters is 1. The van der Waals surface area contributed by atoms with Crippen molar-refractivity contribution in [2.45, 2.75) is 26.3 Å². The SMILES string of the molecule is CC(C)CNC(=O)COC(=O)CN1C(=O)N[C@@](C)(c2ccc3ccccc3c2)C1=O. The first-order chi connectivity index (χ1) is 14.2. The van der Waals surface area contributed by atoms with Crippen molar-refractivity contribution in [3.63, 3.8) is 0 Å². The van der Waals surface area contributed by atoms with Crippen molar-refractivity contribution in [1.82, 2.24) is 15.5 Å². The number of nitrogens with zero attached hydrogens (tertiary/aromatic N) is 1. The van der Waals surface area contributed by atoms with Crippen LogP contribution in [0.2, 0.25) is 0 Å². The van der Waals surface area contributed by atoms with Crippen molar-refractivity contribution >= 4 is 34.6 Å². The number of ether oxygens (including phenoxy) is 1. The summed E-state index contributed by atoms with van der Waals surface area (Å²) in [7, 11) is 0. The Labute approximate surface area is 174 Å². The average molecular weight is 411 g/mol. The van der Waals surface area contributed by atoms with E-state index in [1.54, 1.807) is 13.0 Å². The van der Waals surface area contributed by atoms with Gasteiger partial charge in [-0.25, -0.2) is 4.79 Å². The Morgan fingerprint density at radius 2 is 1.83 bits per heavy atom. The largest absolute Gasteiger partial charge is 0.454 e. The summed E-state index contributed by atoms with van der Waals surface area (Å²) >= 11 is 0. The third-order valence-corrected chi connectivity index (χ3v) is 4.96. The number of carbonyl (C=O) groups excluding carboxylic acids is 4. The standard InChI is InChI=1S/C22H25N3O5/c1-14(2)11-23-18(26)13-30-19(27)12-25-20(28)22(3,24-21(25)29)17-9-8-15-6-4-5-7-16(15)10-17/h4-10,14H,11-13H2,1-3H3,(H,23,26)(H,24,29)/t22-/m0/s1. The quantitative estimate of drug-likeness (QED) is 0.535. The van der Waals surface area contributed by atoms with Crippen LogP contribution < -0.4 is 10.6 Å². The van der Waals surface area contributed by atoms with Gasteiger partial charge < -0.3 is 15.4 Å². The lowest BCUT2D eigenvalue weighted by Gasteiger charge is -2.22. The number of urea groups is 1. The molecule has 8 nitrogen and oxygen atoms in total. The number of benzene rings is 2. The maximum absolute atomic E-state index is 13.0. The van der Waals surface area contributed by atoms with Crippen molar-refractivity contribution in [3.8, 4) is 0 Å². The fourth-order valence-electron chi connectivity index (χ4n) is 3.23. The van der Waals surface area contributed by atoms with Crippen molar-refractivity contribution in [2.75, 3.05) is 19.7 Å². The molecule has 3 rings (SSSR count). The summed E-state index contributed by atoms with van der Waals surface area (Å²) in [6, 6.07) is 12.5. The van der Waals surface area contributed by atoms with Crippen LogP contribution in [0.1, 0.15) is 26.3 Å². The van der Waals surface area contributed by atoms with E-state index < -0.39 is 42.5 Å². The molecule has 1 heterocycles. The van der Waals surface area contributed by atoms with Gasteiger partial charge >= 0.3 is 12.0 Å². The maximum atomic E-state index is 13.0. The first kappa shape index (κ1) is 21.3. The predicted octanol–water partition coefficient (Wildman–Crippen LogP) is 1.92. The number of amides is 4. The van der Waals surface area contributed by atoms with Crippen molar-refractivity contribution in [3.05, 3.63) is 48.0 Å². The van der Waals surface area contributed by atoms with E-state index in [9.17, 15) is 19.2 Å². The van der Waals surface area contributed by atoms with Gasteiger partial charge in [-0.15, -0.1) is 0 Å². The molecule has 2 aromatic carbocycles. The molecule has 1 atom stereocenters. The van der Waals surface area contributed by atoms with E-state index in [0.717, 1.165) is 15.7 Å². The van der Waals surface area contributed by atoms with Crippen molar-refractivity contribution in [2.24, 2.45) is 5.92 Å². The Hall–Kier alpha value is -3.42. The molecule has 0 spiro atoms. The molecule has 2 aromatic rings. The van der Waals surface area contributed by atoms with E-state index in [0.29, 0.717) is 12.1 Å². The first-order valence-corrected chi connectivity index (χ1v) is 9.76. The Morgan fingerprint density at radius 3 is 2.53 bits per heavy atom. The summed E-state index contributed by atoms with van der Waals surface area (Å²) in [6.07, 6.45) is 0. The van der Waals surface area contributed by atoms with Crippen molar-refractivity contribution in [1.29, 1.82) is 0 Å². The van der Waals surface area contributed by atoms with E-state index in [4.69, 9.17) is 4.74 Å². The van der Waals surface area contributed by atoms with E-state index in [1.807, 2.05) is 50.2 Å². The Morgan fingerprint density at radius 1 is 1.13 bits per heavy atom. The zero-order valence-corrected chi connectivity index (χ0v) is 17.2. The number of hydrogen-bond donors (Lipinski definition) is 2. The summed E-state index contributed by atoms with van der Waals surface area (Å²) in [5, 5.41) is 7.23. The molecule has 0 saturated carbocycles. The molecule has 0 radical (unpaired) electrons. The summed E-state index contributed by atoms with van der Waals surface area (Å²) < 4.78 is 4.90. The van der Waals surface area contributed by atoms with Crippen LogP contribution >= 0.6 is 0 Å². The molecule has 1 aliphatic heterocycles. The monoisotopic (exact) mass is 411 g/mol. The second kappa shape index (κ2) is 8.52. The molecule has 0 aliphatic carbocycles. The molecule has 4 amide bonds. The highest BCUT2D eigenvalue weighted by molar-refractivity contribution is 6.09. The van der Waals surface area contributed by atoms with Gasteiger partial charge in [0, 0.05) is 6.54 Å². The zero-order chi connectivity index (χ0) is 21.9. The Balaban J connectivity index is 1.66. The number of fused-ring (bicyclic) bond motifs is 1. The maximum Gasteiger partial charge on any atom is 0.326 e. The van der Waals surface area contributed by atoms with E-state index in [2.05, 4.69) is 10.6 Å². The highest BCUT2D eigenvalue weighted by Crippen LogP contribution is 2.30. The second-order valence-corrected chi connectivity index (χ2v) is 7.87. The molecule has 158 valence electrons. The molecule has 1 aliphatic rings. The number of carbonyl (C=O) groups is 4. The van der Waals surface area contributed by atoms with Gasteiger partial charge in [0.15, 0.2) is 6.61 Å². The molecule has 8 heteroatoms. The molecule has 1 saturated heterocycles.